The van der Waals surface area contributed by atoms with Gasteiger partial charge in [0.05, 0.1) is 18.8 Å². The molecule has 27 heavy (non-hydrogen) atoms. The van der Waals surface area contributed by atoms with E-state index in [0.717, 1.165) is 29.0 Å². The molecule has 3 aromatic rings. The van der Waals surface area contributed by atoms with Crippen molar-refractivity contribution in [2.75, 3.05) is 7.11 Å². The summed E-state index contributed by atoms with van der Waals surface area (Å²) in [5, 5.41) is 10.2. The number of carbonyl (C=O) groups excluding carboxylic acids is 1. The number of hydrogen-bond donors (Lipinski definition) is 2. The van der Waals surface area contributed by atoms with Crippen molar-refractivity contribution in [2.45, 2.75) is 25.9 Å². The van der Waals surface area contributed by atoms with Crippen LogP contribution in [0, 0.1) is 0 Å². The van der Waals surface area contributed by atoms with E-state index in [-0.39, 0.29) is 12.1 Å². The van der Waals surface area contributed by atoms with Gasteiger partial charge in [-0.25, -0.2) is 9.48 Å². The van der Waals surface area contributed by atoms with Gasteiger partial charge in [-0.1, -0.05) is 31.2 Å². The third-order valence-corrected chi connectivity index (χ3v) is 4.36. The van der Waals surface area contributed by atoms with Crippen molar-refractivity contribution < 1.29 is 9.53 Å². The summed E-state index contributed by atoms with van der Waals surface area (Å²) in [6.07, 6.45) is 4.43. The van der Waals surface area contributed by atoms with Crippen LogP contribution in [0.15, 0.2) is 67.0 Å². The molecule has 2 amide bonds. The van der Waals surface area contributed by atoms with Crippen molar-refractivity contribution in [1.82, 2.24) is 20.4 Å². The van der Waals surface area contributed by atoms with Crippen LogP contribution in [-0.2, 0) is 6.54 Å². The highest BCUT2D eigenvalue weighted by atomic mass is 16.5. The number of rotatable bonds is 7. The molecule has 0 fully saturated rings. The van der Waals surface area contributed by atoms with E-state index in [2.05, 4.69) is 15.7 Å². The van der Waals surface area contributed by atoms with Crippen molar-refractivity contribution in [3.8, 4) is 11.4 Å². The standard InChI is InChI=1S/C21H24N4O2/c1-3-20(17-8-10-19(27-2)11-9-17)24-21(26)22-15-16-6-4-7-18(14-16)25-13-5-12-23-25/h4-14,20H,3,15H2,1-2H3,(H2,22,24,26). The molecule has 2 N–H and O–H groups in total. The summed E-state index contributed by atoms with van der Waals surface area (Å²) in [5.41, 5.74) is 3.02. The van der Waals surface area contributed by atoms with Gasteiger partial charge in [0, 0.05) is 18.9 Å². The summed E-state index contributed by atoms with van der Waals surface area (Å²) >= 11 is 0. The highest BCUT2D eigenvalue weighted by Crippen LogP contribution is 2.20. The molecule has 0 aliphatic carbocycles. The lowest BCUT2D eigenvalue weighted by atomic mass is 10.0. The Kier molecular flexibility index (Phi) is 6.10. The van der Waals surface area contributed by atoms with Gasteiger partial charge in [-0.15, -0.1) is 0 Å². The summed E-state index contributed by atoms with van der Waals surface area (Å²) in [6, 6.07) is 17.3. The summed E-state index contributed by atoms with van der Waals surface area (Å²) in [6.45, 7) is 2.49. The zero-order valence-electron chi connectivity index (χ0n) is 15.6. The van der Waals surface area contributed by atoms with Gasteiger partial charge in [0.2, 0.25) is 0 Å². The molecule has 2 aromatic carbocycles. The maximum atomic E-state index is 12.3. The van der Waals surface area contributed by atoms with Gasteiger partial charge in [0.25, 0.3) is 0 Å². The van der Waals surface area contributed by atoms with Crippen molar-refractivity contribution in [1.29, 1.82) is 0 Å². The molecule has 6 nitrogen and oxygen atoms in total. The van der Waals surface area contributed by atoms with Crippen molar-refractivity contribution in [2.24, 2.45) is 0 Å². The van der Waals surface area contributed by atoms with Gasteiger partial charge < -0.3 is 15.4 Å². The Hall–Kier alpha value is -3.28. The third kappa shape index (κ3) is 4.88. The Morgan fingerprint density at radius 2 is 2.00 bits per heavy atom. The molecular weight excluding hydrogens is 340 g/mol. The molecule has 0 radical (unpaired) electrons. The Balaban J connectivity index is 1.57. The van der Waals surface area contributed by atoms with Gasteiger partial charge in [-0.3, -0.25) is 0 Å². The van der Waals surface area contributed by atoms with Gasteiger partial charge in [0.1, 0.15) is 5.75 Å². The average Bonchev–Trinajstić information content (AvgIpc) is 3.26. The molecule has 140 valence electrons. The number of ether oxygens (including phenoxy) is 1. The lowest BCUT2D eigenvalue weighted by Gasteiger charge is -2.18. The third-order valence-electron chi connectivity index (χ3n) is 4.36. The number of methoxy groups -OCH3 is 1. The zero-order valence-corrected chi connectivity index (χ0v) is 15.6. The molecule has 1 heterocycles. The Labute approximate surface area is 159 Å². The van der Waals surface area contributed by atoms with Crippen LogP contribution in [0.4, 0.5) is 4.79 Å². The molecule has 1 atom stereocenters. The summed E-state index contributed by atoms with van der Waals surface area (Å²) in [7, 11) is 1.64. The number of amides is 2. The fourth-order valence-electron chi connectivity index (χ4n) is 2.88. The molecule has 0 bridgehead atoms. The number of benzene rings is 2. The van der Waals surface area contributed by atoms with Crippen molar-refractivity contribution >= 4 is 6.03 Å². The molecular formula is C21H24N4O2. The van der Waals surface area contributed by atoms with Gasteiger partial charge in [0.15, 0.2) is 0 Å². The number of aromatic nitrogens is 2. The lowest BCUT2D eigenvalue weighted by Crippen LogP contribution is -2.37. The summed E-state index contributed by atoms with van der Waals surface area (Å²) in [5.74, 6) is 0.801. The Morgan fingerprint density at radius 1 is 1.19 bits per heavy atom. The van der Waals surface area contributed by atoms with Crippen LogP contribution in [-0.4, -0.2) is 22.9 Å². The maximum Gasteiger partial charge on any atom is 0.315 e. The molecule has 0 saturated heterocycles. The predicted molar refractivity (Wildman–Crippen MR) is 105 cm³/mol. The number of nitrogens with zero attached hydrogens (tertiary/aromatic N) is 2. The molecule has 0 aliphatic rings. The fraction of sp³-hybridized carbons (Fsp3) is 0.238. The normalized spacial score (nSPS) is 11.6. The molecule has 0 aliphatic heterocycles. The Morgan fingerprint density at radius 3 is 2.67 bits per heavy atom. The van der Waals surface area contributed by atoms with Crippen LogP contribution in [0.1, 0.15) is 30.5 Å². The fourth-order valence-corrected chi connectivity index (χ4v) is 2.88. The zero-order chi connectivity index (χ0) is 19.1. The molecule has 0 saturated carbocycles. The first-order valence-corrected chi connectivity index (χ1v) is 8.97. The van der Waals surface area contributed by atoms with E-state index < -0.39 is 0 Å². The molecule has 0 spiro atoms. The topological polar surface area (TPSA) is 68.2 Å². The van der Waals surface area contributed by atoms with Crippen molar-refractivity contribution in [3.63, 3.8) is 0 Å². The van der Waals surface area contributed by atoms with Crippen LogP contribution in [0.3, 0.4) is 0 Å². The minimum absolute atomic E-state index is 0.0497. The summed E-state index contributed by atoms with van der Waals surface area (Å²) < 4.78 is 6.97. The first-order chi connectivity index (χ1) is 13.2. The summed E-state index contributed by atoms with van der Waals surface area (Å²) in [4.78, 5) is 12.3. The van der Waals surface area contributed by atoms with E-state index in [9.17, 15) is 4.79 Å². The smallest absolute Gasteiger partial charge is 0.315 e. The van der Waals surface area contributed by atoms with Crippen LogP contribution in [0.2, 0.25) is 0 Å². The van der Waals surface area contributed by atoms with Crippen LogP contribution in [0.5, 0.6) is 5.75 Å². The number of carbonyl (C=O) groups is 1. The van der Waals surface area contributed by atoms with Gasteiger partial charge >= 0.3 is 6.03 Å². The lowest BCUT2D eigenvalue weighted by molar-refractivity contribution is 0.236. The highest BCUT2D eigenvalue weighted by Gasteiger charge is 2.12. The number of nitrogens with one attached hydrogen (secondary N) is 2. The number of urea groups is 1. The van der Waals surface area contributed by atoms with E-state index in [1.807, 2.05) is 67.7 Å². The van der Waals surface area contributed by atoms with Gasteiger partial charge in [-0.2, -0.15) is 5.10 Å². The largest absolute Gasteiger partial charge is 0.497 e. The van der Waals surface area contributed by atoms with E-state index in [1.165, 1.54) is 0 Å². The quantitative estimate of drug-likeness (QED) is 0.669. The first-order valence-electron chi connectivity index (χ1n) is 8.97. The second-order valence-corrected chi connectivity index (χ2v) is 6.18. The van der Waals surface area contributed by atoms with E-state index in [0.29, 0.717) is 6.54 Å². The van der Waals surface area contributed by atoms with Crippen LogP contribution in [0.25, 0.3) is 5.69 Å². The minimum Gasteiger partial charge on any atom is -0.497 e. The molecule has 6 heteroatoms. The second kappa shape index (κ2) is 8.89. The average molecular weight is 364 g/mol. The van der Waals surface area contributed by atoms with Gasteiger partial charge in [-0.05, 0) is 47.9 Å². The highest BCUT2D eigenvalue weighted by molar-refractivity contribution is 5.74. The van der Waals surface area contributed by atoms with Crippen molar-refractivity contribution in [3.05, 3.63) is 78.1 Å². The first kappa shape index (κ1) is 18.5. The molecule has 1 aromatic heterocycles. The van der Waals surface area contributed by atoms with E-state index >= 15 is 0 Å². The SMILES string of the molecule is CCC(NC(=O)NCc1cccc(-n2cccn2)c1)c1ccc(OC)cc1. The van der Waals surface area contributed by atoms with E-state index in [1.54, 1.807) is 18.0 Å². The monoisotopic (exact) mass is 364 g/mol. The second-order valence-electron chi connectivity index (χ2n) is 6.18. The predicted octanol–water partition coefficient (Wildman–Crippen LogP) is 3.83. The van der Waals surface area contributed by atoms with E-state index in [4.69, 9.17) is 4.74 Å². The molecule has 1 unspecified atom stereocenters. The van der Waals surface area contributed by atoms with Crippen LogP contribution < -0.4 is 15.4 Å². The minimum atomic E-state index is -0.192. The molecule has 3 rings (SSSR count). The maximum absolute atomic E-state index is 12.3. The Bertz CT molecular complexity index is 860. The van der Waals surface area contributed by atoms with Crippen LogP contribution >= 0.6 is 0 Å². The number of hydrogen-bond acceptors (Lipinski definition) is 3.